The SMILES string of the molecule is Cc1ccccc1[C@H](CC(=NO)c1cc(F)ncc1Cl)c1ccc(-c2ccc(OC(=O)O)cc2)cc1. The fourth-order valence-corrected chi connectivity index (χ4v) is 4.35. The Hall–Kier alpha value is -4.23. The molecule has 1 aromatic heterocycles. The number of carbonyl (C=O) groups is 1. The Morgan fingerprint density at radius 3 is 2.31 bits per heavy atom. The quantitative estimate of drug-likeness (QED) is 0.0687. The van der Waals surface area contributed by atoms with Crippen molar-refractivity contribution in [2.45, 2.75) is 19.3 Å². The van der Waals surface area contributed by atoms with E-state index in [1.54, 1.807) is 24.3 Å². The predicted molar refractivity (Wildman–Crippen MR) is 136 cm³/mol. The predicted octanol–water partition coefficient (Wildman–Crippen LogP) is 7.31. The lowest BCUT2D eigenvalue weighted by Crippen LogP contribution is -2.12. The van der Waals surface area contributed by atoms with Crippen molar-refractivity contribution in [3.8, 4) is 16.9 Å². The number of carboxylic acid groups (broad SMARTS) is 1. The maximum atomic E-state index is 13.8. The van der Waals surface area contributed by atoms with Gasteiger partial charge in [-0.3, -0.25) is 0 Å². The third-order valence-corrected chi connectivity index (χ3v) is 6.22. The summed E-state index contributed by atoms with van der Waals surface area (Å²) >= 11 is 6.24. The molecule has 4 rings (SSSR count). The summed E-state index contributed by atoms with van der Waals surface area (Å²) in [7, 11) is 0. The highest BCUT2D eigenvalue weighted by molar-refractivity contribution is 6.34. The number of ether oxygens (including phenoxy) is 1. The fraction of sp³-hybridized carbons (Fsp3) is 0.107. The van der Waals surface area contributed by atoms with Crippen LogP contribution < -0.4 is 4.74 Å². The molecule has 0 aliphatic rings. The van der Waals surface area contributed by atoms with Crippen molar-refractivity contribution in [1.82, 2.24) is 4.98 Å². The summed E-state index contributed by atoms with van der Waals surface area (Å²) < 4.78 is 18.5. The van der Waals surface area contributed by atoms with Crippen LogP contribution in [-0.2, 0) is 0 Å². The van der Waals surface area contributed by atoms with Gasteiger partial charge in [0.2, 0.25) is 5.95 Å². The molecule has 1 atom stereocenters. The van der Waals surface area contributed by atoms with Crippen LogP contribution in [0.4, 0.5) is 9.18 Å². The van der Waals surface area contributed by atoms with Gasteiger partial charge in [0.15, 0.2) is 0 Å². The van der Waals surface area contributed by atoms with E-state index in [-0.39, 0.29) is 34.4 Å². The fourth-order valence-electron chi connectivity index (χ4n) is 4.14. The second kappa shape index (κ2) is 11.0. The number of rotatable bonds is 7. The molecule has 36 heavy (non-hydrogen) atoms. The summed E-state index contributed by atoms with van der Waals surface area (Å²) in [6.07, 6.45) is 0.100. The van der Waals surface area contributed by atoms with E-state index >= 15 is 0 Å². The lowest BCUT2D eigenvalue weighted by atomic mass is 9.83. The standard InChI is InChI=1S/C28H22ClFN2O4/c1-17-4-2-3-5-22(17)23(14-26(32-35)24-15-27(30)31-16-25(24)29)20-8-6-18(7-9-20)19-10-12-21(13-11-19)36-28(33)34/h2-13,15-16,23,35H,14H2,1H3,(H,33,34)/t23-/m1/s1. The van der Waals surface area contributed by atoms with Crippen molar-refractivity contribution >= 4 is 23.5 Å². The third kappa shape index (κ3) is 5.70. The molecule has 0 amide bonds. The Morgan fingerprint density at radius 1 is 1.06 bits per heavy atom. The molecule has 8 heteroatoms. The average Bonchev–Trinajstić information content (AvgIpc) is 2.87. The van der Waals surface area contributed by atoms with Crippen molar-refractivity contribution in [1.29, 1.82) is 0 Å². The highest BCUT2D eigenvalue weighted by atomic mass is 35.5. The molecule has 0 bridgehead atoms. The van der Waals surface area contributed by atoms with Crippen LogP contribution in [0.25, 0.3) is 11.1 Å². The van der Waals surface area contributed by atoms with E-state index < -0.39 is 12.1 Å². The van der Waals surface area contributed by atoms with Crippen molar-refractivity contribution < 1.29 is 24.2 Å². The number of oxime groups is 1. The molecule has 0 radical (unpaired) electrons. The Bertz CT molecular complexity index is 1410. The van der Waals surface area contributed by atoms with E-state index in [9.17, 15) is 14.4 Å². The second-order valence-corrected chi connectivity index (χ2v) is 8.57. The minimum atomic E-state index is -1.36. The first-order valence-electron chi connectivity index (χ1n) is 11.0. The summed E-state index contributed by atoms with van der Waals surface area (Å²) in [6.45, 7) is 2.01. The largest absolute Gasteiger partial charge is 0.511 e. The molecule has 2 N–H and O–H groups in total. The van der Waals surface area contributed by atoms with E-state index in [0.29, 0.717) is 0 Å². The smallest absolute Gasteiger partial charge is 0.449 e. The van der Waals surface area contributed by atoms with Crippen LogP contribution in [0.3, 0.4) is 0 Å². The van der Waals surface area contributed by atoms with Gasteiger partial charge in [0, 0.05) is 30.2 Å². The van der Waals surface area contributed by atoms with Gasteiger partial charge in [0.1, 0.15) is 5.75 Å². The van der Waals surface area contributed by atoms with Crippen molar-refractivity contribution in [3.05, 3.63) is 118 Å². The summed E-state index contributed by atoms with van der Waals surface area (Å²) in [6, 6.07) is 23.7. The summed E-state index contributed by atoms with van der Waals surface area (Å²) in [4.78, 5) is 14.3. The second-order valence-electron chi connectivity index (χ2n) is 8.16. The van der Waals surface area contributed by atoms with Gasteiger partial charge in [0.05, 0.1) is 10.7 Å². The first kappa shape index (κ1) is 24.9. The van der Waals surface area contributed by atoms with Crippen molar-refractivity contribution in [3.63, 3.8) is 0 Å². The minimum absolute atomic E-state index is 0.193. The first-order valence-corrected chi connectivity index (χ1v) is 11.4. The van der Waals surface area contributed by atoms with Gasteiger partial charge in [-0.15, -0.1) is 0 Å². The molecule has 182 valence electrons. The van der Waals surface area contributed by atoms with Crippen LogP contribution >= 0.6 is 11.6 Å². The van der Waals surface area contributed by atoms with Crippen molar-refractivity contribution in [2.24, 2.45) is 5.16 Å². The number of aryl methyl sites for hydroxylation is 1. The van der Waals surface area contributed by atoms with E-state index in [4.69, 9.17) is 16.7 Å². The summed E-state index contributed by atoms with van der Waals surface area (Å²) in [5.74, 6) is -0.679. The topological polar surface area (TPSA) is 92.0 Å². The molecule has 0 saturated carbocycles. The number of halogens is 2. The van der Waals surface area contributed by atoms with Crippen LogP contribution in [0.1, 0.15) is 34.6 Å². The number of aromatic nitrogens is 1. The molecule has 3 aromatic carbocycles. The molecule has 0 unspecified atom stereocenters. The molecule has 0 saturated heterocycles. The molecule has 6 nitrogen and oxygen atoms in total. The lowest BCUT2D eigenvalue weighted by Gasteiger charge is -2.21. The molecule has 0 fully saturated rings. The van der Waals surface area contributed by atoms with Gasteiger partial charge in [0.25, 0.3) is 0 Å². The Morgan fingerprint density at radius 2 is 1.69 bits per heavy atom. The average molecular weight is 505 g/mol. The zero-order valence-electron chi connectivity index (χ0n) is 19.2. The van der Waals surface area contributed by atoms with Crippen LogP contribution in [0, 0.1) is 12.9 Å². The summed E-state index contributed by atoms with van der Waals surface area (Å²) in [5.41, 5.74) is 5.41. The normalized spacial score (nSPS) is 12.2. The molecule has 1 heterocycles. The lowest BCUT2D eigenvalue weighted by molar-refractivity contribution is 0.144. The molecular formula is C28H22ClFN2O4. The number of hydrogen-bond donors (Lipinski definition) is 2. The Kier molecular flexibility index (Phi) is 7.61. The summed E-state index contributed by atoms with van der Waals surface area (Å²) in [5, 5.41) is 22.2. The van der Waals surface area contributed by atoms with Crippen molar-refractivity contribution in [2.75, 3.05) is 0 Å². The molecular weight excluding hydrogens is 483 g/mol. The maximum absolute atomic E-state index is 13.8. The Balaban J connectivity index is 1.68. The molecule has 0 spiro atoms. The number of nitrogens with zero attached hydrogens (tertiary/aromatic N) is 2. The monoisotopic (exact) mass is 504 g/mol. The molecule has 0 aliphatic carbocycles. The van der Waals surface area contributed by atoms with E-state index in [1.165, 1.54) is 6.20 Å². The molecule has 4 aromatic rings. The molecule has 0 aliphatic heterocycles. The van der Waals surface area contributed by atoms with Crippen LogP contribution in [-0.4, -0.2) is 27.2 Å². The van der Waals surface area contributed by atoms with E-state index in [2.05, 4.69) is 14.9 Å². The van der Waals surface area contributed by atoms with Crippen LogP contribution in [0.15, 0.2) is 90.2 Å². The number of benzene rings is 3. The zero-order chi connectivity index (χ0) is 25.7. The Labute approximate surface area is 212 Å². The number of pyridine rings is 1. The van der Waals surface area contributed by atoms with Gasteiger partial charge in [-0.1, -0.05) is 77.4 Å². The number of hydrogen-bond acceptors (Lipinski definition) is 5. The van der Waals surface area contributed by atoms with E-state index in [1.807, 2.05) is 55.5 Å². The van der Waals surface area contributed by atoms with Crippen LogP contribution in [0.5, 0.6) is 5.75 Å². The highest BCUT2D eigenvalue weighted by Gasteiger charge is 2.22. The van der Waals surface area contributed by atoms with Gasteiger partial charge < -0.3 is 15.1 Å². The van der Waals surface area contributed by atoms with Crippen LogP contribution in [0.2, 0.25) is 5.02 Å². The minimum Gasteiger partial charge on any atom is -0.449 e. The first-order chi connectivity index (χ1) is 17.4. The van der Waals surface area contributed by atoms with Gasteiger partial charge in [-0.2, -0.15) is 4.39 Å². The third-order valence-electron chi connectivity index (χ3n) is 5.92. The highest BCUT2D eigenvalue weighted by Crippen LogP contribution is 2.34. The maximum Gasteiger partial charge on any atom is 0.511 e. The van der Waals surface area contributed by atoms with E-state index in [0.717, 1.165) is 33.9 Å². The zero-order valence-corrected chi connectivity index (χ0v) is 20.0. The van der Waals surface area contributed by atoms with Gasteiger partial charge >= 0.3 is 6.16 Å². The van der Waals surface area contributed by atoms with Gasteiger partial charge in [-0.05, 0) is 46.9 Å². The van der Waals surface area contributed by atoms with Gasteiger partial charge in [-0.25, -0.2) is 9.78 Å².